The fourth-order valence-electron chi connectivity index (χ4n) is 4.43. The van der Waals surface area contributed by atoms with Gasteiger partial charge < -0.3 is 10.0 Å². The molecule has 1 aromatic carbocycles. The van der Waals surface area contributed by atoms with E-state index in [4.69, 9.17) is 11.6 Å². The number of aliphatic hydroxyl groups is 1. The quantitative estimate of drug-likeness (QED) is 0.701. The van der Waals surface area contributed by atoms with Crippen molar-refractivity contribution < 1.29 is 18.3 Å². The maximum absolute atomic E-state index is 13.4. The number of hydrogen-bond donors (Lipinski definition) is 1. The van der Waals surface area contributed by atoms with Crippen molar-refractivity contribution in [3.8, 4) is 0 Å². The predicted octanol–water partition coefficient (Wildman–Crippen LogP) is 3.64. The summed E-state index contributed by atoms with van der Waals surface area (Å²) in [6, 6.07) is 8.66. The van der Waals surface area contributed by atoms with E-state index in [2.05, 4.69) is 19.8 Å². The van der Waals surface area contributed by atoms with Gasteiger partial charge in [-0.2, -0.15) is 13.2 Å². The molecule has 0 bridgehead atoms. The normalized spacial score (nSPS) is 23.0. The van der Waals surface area contributed by atoms with Crippen molar-refractivity contribution in [1.82, 2.24) is 19.8 Å². The zero-order valence-electron chi connectivity index (χ0n) is 18.8. The Bertz CT molecular complexity index is 948. The van der Waals surface area contributed by atoms with E-state index in [0.717, 1.165) is 38.8 Å². The van der Waals surface area contributed by atoms with Crippen molar-refractivity contribution in [3.05, 3.63) is 52.3 Å². The SMILES string of the molecule is CC(C)c1cc(C(F)(F)F)nc(N2CC(O)C(N3CCN(Cc4ccc(Cl)cc4)CC3)C2)n1. The highest BCUT2D eigenvalue weighted by molar-refractivity contribution is 6.30. The molecule has 2 saturated heterocycles. The third-order valence-corrected chi connectivity index (χ3v) is 6.61. The Hall–Kier alpha value is -1.94. The Morgan fingerprint density at radius 3 is 2.33 bits per heavy atom. The molecular weight excluding hydrogens is 455 g/mol. The zero-order valence-corrected chi connectivity index (χ0v) is 19.5. The smallest absolute Gasteiger partial charge is 0.390 e. The largest absolute Gasteiger partial charge is 0.433 e. The number of anilines is 1. The molecule has 0 amide bonds. The molecular formula is C23H29ClF3N5O. The number of rotatable bonds is 5. The van der Waals surface area contributed by atoms with Gasteiger partial charge in [0, 0.05) is 56.5 Å². The van der Waals surface area contributed by atoms with Crippen LogP contribution in [0.1, 0.15) is 36.7 Å². The number of benzene rings is 1. The summed E-state index contributed by atoms with van der Waals surface area (Å²) in [7, 11) is 0. The fourth-order valence-corrected chi connectivity index (χ4v) is 4.55. The minimum atomic E-state index is -4.54. The summed E-state index contributed by atoms with van der Waals surface area (Å²) in [6.45, 7) is 8.32. The Balaban J connectivity index is 1.40. The molecule has 2 unspecified atom stereocenters. The van der Waals surface area contributed by atoms with Crippen molar-refractivity contribution in [2.45, 2.75) is 44.6 Å². The third kappa shape index (κ3) is 5.77. The van der Waals surface area contributed by atoms with Crippen molar-refractivity contribution in [2.75, 3.05) is 44.2 Å². The molecule has 2 fully saturated rings. The minimum Gasteiger partial charge on any atom is -0.390 e. The van der Waals surface area contributed by atoms with Gasteiger partial charge in [0.25, 0.3) is 0 Å². The monoisotopic (exact) mass is 483 g/mol. The Morgan fingerprint density at radius 2 is 1.73 bits per heavy atom. The summed E-state index contributed by atoms with van der Waals surface area (Å²) >= 11 is 5.96. The standard InChI is InChI=1S/C23H29ClF3N5O/c1-15(2)18-11-21(23(25,26)27)29-22(28-18)32-13-19(20(33)14-32)31-9-7-30(8-10-31)12-16-3-5-17(24)6-4-16/h3-6,11,15,19-20,33H,7-10,12-14H2,1-2H3. The van der Waals surface area contributed by atoms with E-state index in [9.17, 15) is 18.3 Å². The highest BCUT2D eigenvalue weighted by Crippen LogP contribution is 2.32. The summed E-state index contributed by atoms with van der Waals surface area (Å²) in [5.74, 6) is -0.124. The Kier molecular flexibility index (Phi) is 7.14. The summed E-state index contributed by atoms with van der Waals surface area (Å²) in [5.41, 5.74) is 0.605. The average Bonchev–Trinajstić information content (AvgIpc) is 3.16. The highest BCUT2D eigenvalue weighted by Gasteiger charge is 2.39. The molecule has 2 aliphatic heterocycles. The number of nitrogens with zero attached hydrogens (tertiary/aromatic N) is 5. The number of aliphatic hydroxyl groups excluding tert-OH is 1. The average molecular weight is 484 g/mol. The van der Waals surface area contributed by atoms with E-state index >= 15 is 0 Å². The van der Waals surface area contributed by atoms with E-state index in [0.29, 0.717) is 17.3 Å². The molecule has 2 atom stereocenters. The van der Waals surface area contributed by atoms with Crippen LogP contribution in [-0.4, -0.2) is 76.3 Å². The second kappa shape index (κ2) is 9.74. The first-order valence-corrected chi connectivity index (χ1v) is 11.6. The maximum atomic E-state index is 13.4. The van der Waals surface area contributed by atoms with Crippen molar-refractivity contribution in [1.29, 1.82) is 0 Å². The van der Waals surface area contributed by atoms with E-state index in [1.165, 1.54) is 5.56 Å². The summed E-state index contributed by atoms with van der Waals surface area (Å²) in [5, 5.41) is 11.4. The molecule has 1 aromatic heterocycles. The van der Waals surface area contributed by atoms with Crippen molar-refractivity contribution in [3.63, 3.8) is 0 Å². The number of β-amino-alcohol motifs (C(OH)–C–C–N with tert-alkyl or cyclic N) is 1. The lowest BCUT2D eigenvalue weighted by molar-refractivity contribution is -0.141. The van der Waals surface area contributed by atoms with Crippen LogP contribution < -0.4 is 4.90 Å². The van der Waals surface area contributed by atoms with Gasteiger partial charge in [0.2, 0.25) is 5.95 Å². The van der Waals surface area contributed by atoms with Crippen LogP contribution in [0.3, 0.4) is 0 Å². The first kappa shape index (κ1) is 24.2. The molecule has 6 nitrogen and oxygen atoms in total. The number of aromatic nitrogens is 2. The summed E-state index contributed by atoms with van der Waals surface area (Å²) < 4.78 is 40.1. The van der Waals surface area contributed by atoms with Crippen molar-refractivity contribution in [2.24, 2.45) is 0 Å². The van der Waals surface area contributed by atoms with Crippen LogP contribution in [0.15, 0.2) is 30.3 Å². The fraction of sp³-hybridized carbons (Fsp3) is 0.565. The Labute approximate surface area is 197 Å². The van der Waals surface area contributed by atoms with E-state index in [-0.39, 0.29) is 24.5 Å². The minimum absolute atomic E-state index is 0.0384. The van der Waals surface area contributed by atoms with Gasteiger partial charge in [0.1, 0.15) is 5.69 Å². The number of alkyl halides is 3. The lowest BCUT2D eigenvalue weighted by Crippen LogP contribution is -2.53. The topological polar surface area (TPSA) is 55.7 Å². The van der Waals surface area contributed by atoms with E-state index in [1.54, 1.807) is 18.7 Å². The molecule has 1 N–H and O–H groups in total. The zero-order chi connectivity index (χ0) is 23.8. The van der Waals surface area contributed by atoms with Crippen LogP contribution in [-0.2, 0) is 12.7 Å². The molecule has 2 aliphatic rings. The third-order valence-electron chi connectivity index (χ3n) is 6.35. The molecule has 0 spiro atoms. The van der Waals surface area contributed by atoms with Gasteiger partial charge in [-0.05, 0) is 29.7 Å². The van der Waals surface area contributed by atoms with Crippen molar-refractivity contribution >= 4 is 17.5 Å². The first-order chi connectivity index (χ1) is 15.6. The number of halogens is 4. The highest BCUT2D eigenvalue weighted by atomic mass is 35.5. The van der Waals surface area contributed by atoms with Gasteiger partial charge in [-0.1, -0.05) is 37.6 Å². The van der Waals surface area contributed by atoms with Crippen LogP contribution in [0.5, 0.6) is 0 Å². The molecule has 0 saturated carbocycles. The molecule has 2 aromatic rings. The van der Waals surface area contributed by atoms with Gasteiger partial charge >= 0.3 is 6.18 Å². The van der Waals surface area contributed by atoms with Gasteiger partial charge in [-0.3, -0.25) is 9.80 Å². The van der Waals surface area contributed by atoms with Gasteiger partial charge in [0.05, 0.1) is 12.1 Å². The molecule has 10 heteroatoms. The predicted molar refractivity (Wildman–Crippen MR) is 121 cm³/mol. The lowest BCUT2D eigenvalue weighted by Gasteiger charge is -2.38. The molecule has 0 aliphatic carbocycles. The van der Waals surface area contributed by atoms with Gasteiger partial charge in [-0.15, -0.1) is 0 Å². The Morgan fingerprint density at radius 1 is 1.06 bits per heavy atom. The second-order valence-electron chi connectivity index (χ2n) is 9.11. The van der Waals surface area contributed by atoms with Crippen LogP contribution in [0, 0.1) is 0 Å². The van der Waals surface area contributed by atoms with Gasteiger partial charge in [0.15, 0.2) is 0 Å². The number of hydrogen-bond acceptors (Lipinski definition) is 6. The lowest BCUT2D eigenvalue weighted by atomic mass is 10.1. The molecule has 0 radical (unpaired) electrons. The molecule has 3 heterocycles. The van der Waals surface area contributed by atoms with Crippen LogP contribution >= 0.6 is 11.6 Å². The van der Waals surface area contributed by atoms with Crippen LogP contribution in [0.2, 0.25) is 5.02 Å². The second-order valence-corrected chi connectivity index (χ2v) is 9.55. The first-order valence-electron chi connectivity index (χ1n) is 11.2. The molecule has 180 valence electrons. The van der Waals surface area contributed by atoms with E-state index in [1.807, 2.05) is 24.3 Å². The summed E-state index contributed by atoms with van der Waals surface area (Å²) in [4.78, 5) is 14.4. The van der Waals surface area contributed by atoms with Crippen LogP contribution in [0.4, 0.5) is 19.1 Å². The van der Waals surface area contributed by atoms with E-state index < -0.39 is 18.0 Å². The summed E-state index contributed by atoms with van der Waals surface area (Å²) in [6.07, 6.45) is -5.21. The number of piperazine rings is 1. The maximum Gasteiger partial charge on any atom is 0.433 e. The molecule has 33 heavy (non-hydrogen) atoms. The van der Waals surface area contributed by atoms with Crippen LogP contribution in [0.25, 0.3) is 0 Å². The molecule has 4 rings (SSSR count). The van der Waals surface area contributed by atoms with Gasteiger partial charge in [-0.25, -0.2) is 9.97 Å².